The van der Waals surface area contributed by atoms with Crippen molar-refractivity contribution in [2.24, 2.45) is 5.92 Å². The Morgan fingerprint density at radius 3 is 2.59 bits per heavy atom. The Morgan fingerprint density at radius 1 is 1.27 bits per heavy atom. The Labute approximate surface area is 134 Å². The predicted octanol–water partition coefficient (Wildman–Crippen LogP) is 2.39. The molecule has 4 nitrogen and oxygen atoms in total. The van der Waals surface area contributed by atoms with Crippen molar-refractivity contribution in [2.45, 2.75) is 25.8 Å². The minimum atomic E-state index is 0.194. The maximum absolute atomic E-state index is 12.4. The maximum Gasteiger partial charge on any atom is 0.225 e. The van der Waals surface area contributed by atoms with Crippen LogP contribution in [0.4, 0.5) is 0 Å². The van der Waals surface area contributed by atoms with Crippen molar-refractivity contribution in [3.63, 3.8) is 0 Å². The molecular weight excluding hydrogens is 276 g/mol. The molecular formula is C18H28N2O2. The predicted molar refractivity (Wildman–Crippen MR) is 88.6 cm³/mol. The van der Waals surface area contributed by atoms with Gasteiger partial charge in [0.2, 0.25) is 5.91 Å². The van der Waals surface area contributed by atoms with Crippen molar-refractivity contribution >= 4 is 5.91 Å². The van der Waals surface area contributed by atoms with Gasteiger partial charge in [-0.15, -0.1) is 0 Å². The summed E-state index contributed by atoms with van der Waals surface area (Å²) >= 11 is 0. The molecule has 1 aliphatic heterocycles. The van der Waals surface area contributed by atoms with Gasteiger partial charge < -0.3 is 9.64 Å². The van der Waals surface area contributed by atoms with E-state index < -0.39 is 0 Å². The van der Waals surface area contributed by atoms with Crippen molar-refractivity contribution in [3.05, 3.63) is 35.9 Å². The third-order valence-corrected chi connectivity index (χ3v) is 4.40. The van der Waals surface area contributed by atoms with Gasteiger partial charge in [-0.05, 0) is 37.9 Å². The molecule has 1 amide bonds. The van der Waals surface area contributed by atoms with Crippen LogP contribution in [0.15, 0.2) is 30.3 Å². The minimum absolute atomic E-state index is 0.194. The summed E-state index contributed by atoms with van der Waals surface area (Å²) in [6, 6.07) is 10.6. The summed E-state index contributed by atoms with van der Waals surface area (Å²) in [5.41, 5.74) is 1.35. The molecule has 0 atom stereocenters. The molecule has 0 N–H and O–H groups in total. The first-order chi connectivity index (χ1) is 10.7. The van der Waals surface area contributed by atoms with Crippen LogP contribution in [0.3, 0.4) is 0 Å². The smallest absolute Gasteiger partial charge is 0.225 e. The van der Waals surface area contributed by atoms with Crippen LogP contribution >= 0.6 is 0 Å². The molecule has 22 heavy (non-hydrogen) atoms. The zero-order valence-corrected chi connectivity index (χ0v) is 13.8. The van der Waals surface area contributed by atoms with Gasteiger partial charge in [0.15, 0.2) is 0 Å². The molecule has 1 aromatic rings. The molecule has 0 saturated carbocycles. The zero-order valence-electron chi connectivity index (χ0n) is 13.8. The number of benzene rings is 1. The standard InChI is InChI=1S/C18H28N2O2/c1-19(11-6-14-22-2)18(21)17-9-12-20(13-10-17)15-16-7-4-3-5-8-16/h3-5,7-8,17H,6,9-15H2,1-2H3. The maximum atomic E-state index is 12.4. The van der Waals surface area contributed by atoms with Gasteiger partial charge in [0.1, 0.15) is 0 Å². The summed E-state index contributed by atoms with van der Waals surface area (Å²) in [4.78, 5) is 16.7. The first-order valence-electron chi connectivity index (χ1n) is 8.21. The molecule has 0 aliphatic carbocycles. The van der Waals surface area contributed by atoms with Crippen molar-refractivity contribution in [2.75, 3.05) is 40.4 Å². The fraction of sp³-hybridized carbons (Fsp3) is 0.611. The van der Waals surface area contributed by atoms with Gasteiger partial charge in [0.25, 0.3) is 0 Å². The molecule has 2 rings (SSSR count). The summed E-state index contributed by atoms with van der Waals surface area (Å²) in [6.07, 6.45) is 2.85. The van der Waals surface area contributed by atoms with Crippen LogP contribution in [0.5, 0.6) is 0 Å². The van der Waals surface area contributed by atoms with Gasteiger partial charge >= 0.3 is 0 Å². The number of likely N-dealkylation sites (tertiary alicyclic amines) is 1. The number of hydrogen-bond acceptors (Lipinski definition) is 3. The molecule has 0 radical (unpaired) electrons. The molecule has 1 aromatic carbocycles. The van der Waals surface area contributed by atoms with Gasteiger partial charge in [-0.3, -0.25) is 9.69 Å². The van der Waals surface area contributed by atoms with E-state index in [1.807, 2.05) is 18.0 Å². The third kappa shape index (κ3) is 5.11. The van der Waals surface area contributed by atoms with E-state index in [0.29, 0.717) is 12.5 Å². The van der Waals surface area contributed by atoms with Crippen molar-refractivity contribution in [1.82, 2.24) is 9.80 Å². The van der Waals surface area contributed by atoms with Gasteiger partial charge in [-0.1, -0.05) is 30.3 Å². The van der Waals surface area contributed by atoms with E-state index in [2.05, 4.69) is 29.2 Å². The van der Waals surface area contributed by atoms with Gasteiger partial charge in [-0.25, -0.2) is 0 Å². The van der Waals surface area contributed by atoms with Crippen LogP contribution in [0.1, 0.15) is 24.8 Å². The van der Waals surface area contributed by atoms with Crippen LogP contribution in [0.25, 0.3) is 0 Å². The minimum Gasteiger partial charge on any atom is -0.385 e. The Morgan fingerprint density at radius 2 is 1.95 bits per heavy atom. The van der Waals surface area contributed by atoms with Crippen LogP contribution in [0, 0.1) is 5.92 Å². The van der Waals surface area contributed by atoms with Crippen LogP contribution in [-0.2, 0) is 16.1 Å². The van der Waals surface area contributed by atoms with Gasteiger partial charge in [-0.2, -0.15) is 0 Å². The van der Waals surface area contributed by atoms with Crippen molar-refractivity contribution in [3.8, 4) is 0 Å². The van der Waals surface area contributed by atoms with Gasteiger partial charge in [0, 0.05) is 39.8 Å². The fourth-order valence-electron chi connectivity index (χ4n) is 3.05. The molecule has 4 heteroatoms. The number of hydrogen-bond donors (Lipinski definition) is 0. The summed E-state index contributed by atoms with van der Waals surface area (Å²) in [6.45, 7) is 4.52. The highest BCUT2D eigenvalue weighted by atomic mass is 16.5. The molecule has 0 aromatic heterocycles. The fourth-order valence-corrected chi connectivity index (χ4v) is 3.05. The second-order valence-corrected chi connectivity index (χ2v) is 6.14. The molecule has 1 heterocycles. The van der Waals surface area contributed by atoms with Gasteiger partial charge in [0.05, 0.1) is 0 Å². The number of methoxy groups -OCH3 is 1. The lowest BCUT2D eigenvalue weighted by Gasteiger charge is -2.33. The highest BCUT2D eigenvalue weighted by Crippen LogP contribution is 2.20. The first kappa shape index (κ1) is 17.0. The average molecular weight is 304 g/mol. The van der Waals surface area contributed by atoms with E-state index in [1.54, 1.807) is 7.11 Å². The number of piperidine rings is 1. The summed E-state index contributed by atoms with van der Waals surface area (Å²) in [5, 5.41) is 0. The van der Waals surface area contributed by atoms with Crippen LogP contribution < -0.4 is 0 Å². The number of ether oxygens (including phenoxy) is 1. The highest BCUT2D eigenvalue weighted by Gasteiger charge is 2.26. The number of rotatable bonds is 7. The van der Waals surface area contributed by atoms with Crippen molar-refractivity contribution < 1.29 is 9.53 Å². The average Bonchev–Trinajstić information content (AvgIpc) is 2.56. The molecule has 0 spiro atoms. The van der Waals surface area contributed by atoms with Crippen LogP contribution in [0.2, 0.25) is 0 Å². The van der Waals surface area contributed by atoms with E-state index in [0.717, 1.165) is 45.4 Å². The Balaban J connectivity index is 1.73. The quantitative estimate of drug-likeness (QED) is 0.725. The number of nitrogens with zero attached hydrogens (tertiary/aromatic N) is 2. The van der Waals surface area contributed by atoms with Crippen molar-refractivity contribution in [1.29, 1.82) is 0 Å². The van der Waals surface area contributed by atoms with E-state index in [9.17, 15) is 4.79 Å². The second-order valence-electron chi connectivity index (χ2n) is 6.14. The Kier molecular flexibility index (Phi) is 6.87. The number of carbonyl (C=O) groups is 1. The highest BCUT2D eigenvalue weighted by molar-refractivity contribution is 5.78. The number of amides is 1. The van der Waals surface area contributed by atoms with Crippen LogP contribution in [-0.4, -0.2) is 56.1 Å². The lowest BCUT2D eigenvalue weighted by molar-refractivity contribution is -0.135. The molecule has 122 valence electrons. The van der Waals surface area contributed by atoms with E-state index in [-0.39, 0.29) is 5.92 Å². The zero-order chi connectivity index (χ0) is 15.8. The molecule has 1 aliphatic rings. The summed E-state index contributed by atoms with van der Waals surface area (Å²) in [5.74, 6) is 0.495. The van der Waals surface area contributed by atoms with E-state index >= 15 is 0 Å². The Hall–Kier alpha value is -1.39. The monoisotopic (exact) mass is 304 g/mol. The molecule has 1 saturated heterocycles. The second kappa shape index (κ2) is 8.91. The first-order valence-corrected chi connectivity index (χ1v) is 8.21. The summed E-state index contributed by atoms with van der Waals surface area (Å²) < 4.78 is 5.04. The lowest BCUT2D eigenvalue weighted by atomic mass is 9.95. The normalized spacial score (nSPS) is 16.6. The third-order valence-electron chi connectivity index (χ3n) is 4.40. The van der Waals surface area contributed by atoms with E-state index in [4.69, 9.17) is 4.74 Å². The lowest BCUT2D eigenvalue weighted by Crippen LogP contribution is -2.41. The molecule has 0 unspecified atom stereocenters. The summed E-state index contributed by atoms with van der Waals surface area (Å²) in [7, 11) is 3.61. The molecule has 0 bridgehead atoms. The SMILES string of the molecule is COCCCN(C)C(=O)C1CCN(Cc2ccccc2)CC1. The largest absolute Gasteiger partial charge is 0.385 e. The van der Waals surface area contributed by atoms with E-state index in [1.165, 1.54) is 5.56 Å². The molecule has 1 fully saturated rings. The number of carbonyl (C=O) groups excluding carboxylic acids is 1. The topological polar surface area (TPSA) is 32.8 Å². The Bertz CT molecular complexity index is 442.